The molecule has 1 aliphatic heterocycles. The van der Waals surface area contributed by atoms with Crippen molar-refractivity contribution in [1.29, 1.82) is 0 Å². The van der Waals surface area contributed by atoms with E-state index in [9.17, 15) is 14.4 Å². The molecule has 8 heteroatoms. The zero-order valence-corrected chi connectivity index (χ0v) is 23.1. The number of rotatable bonds is 12. The van der Waals surface area contributed by atoms with Gasteiger partial charge in [0.1, 0.15) is 11.8 Å². The van der Waals surface area contributed by atoms with E-state index >= 15 is 0 Å². The average molecular weight is 523 g/mol. The molecule has 0 radical (unpaired) electrons. The molecule has 1 saturated heterocycles. The van der Waals surface area contributed by atoms with Crippen LogP contribution in [0.4, 0.5) is 0 Å². The zero-order chi connectivity index (χ0) is 27.7. The van der Waals surface area contributed by atoms with Crippen molar-refractivity contribution in [2.75, 3.05) is 13.7 Å². The second-order valence-corrected chi connectivity index (χ2v) is 10.7. The van der Waals surface area contributed by atoms with Crippen LogP contribution in [-0.2, 0) is 20.9 Å². The molecule has 38 heavy (non-hydrogen) atoms. The molecule has 3 amide bonds. The number of nitrogens with one attached hydrogen (secondary N) is 1. The van der Waals surface area contributed by atoms with Gasteiger partial charge in [0, 0.05) is 42.9 Å². The largest absolute Gasteiger partial charge is 0.497 e. The second kappa shape index (κ2) is 13.9. The molecule has 8 nitrogen and oxygen atoms in total. The molecule has 1 aromatic heterocycles. The Hall–Kier alpha value is -3.42. The quantitative estimate of drug-likeness (QED) is 0.431. The van der Waals surface area contributed by atoms with Gasteiger partial charge in [-0.2, -0.15) is 0 Å². The van der Waals surface area contributed by atoms with Crippen LogP contribution in [0, 0.1) is 17.8 Å². The number of pyridine rings is 1. The fourth-order valence-corrected chi connectivity index (χ4v) is 5.23. The average Bonchev–Trinajstić information content (AvgIpc) is 3.07. The predicted octanol–water partition coefficient (Wildman–Crippen LogP) is 4.32. The summed E-state index contributed by atoms with van der Waals surface area (Å²) in [7, 11) is 1.64. The SMILES string of the molecule is CCC[C@H](C(N)=O)[C@@H](CC(C)C)C(=O)N[C@H]1CCCCN(Cc2cncc(-c3ccc(OC)cc3)c2)C1=O. The summed E-state index contributed by atoms with van der Waals surface area (Å²) < 4.78 is 5.25. The summed E-state index contributed by atoms with van der Waals surface area (Å²) >= 11 is 0. The first-order valence-electron chi connectivity index (χ1n) is 13.7. The Morgan fingerprint density at radius 2 is 1.87 bits per heavy atom. The number of aromatic nitrogens is 1. The van der Waals surface area contributed by atoms with Crippen LogP contribution >= 0.6 is 0 Å². The topological polar surface area (TPSA) is 115 Å². The van der Waals surface area contributed by atoms with E-state index in [0.29, 0.717) is 32.4 Å². The van der Waals surface area contributed by atoms with Gasteiger partial charge in [-0.3, -0.25) is 19.4 Å². The highest BCUT2D eigenvalue weighted by Crippen LogP contribution is 2.27. The summed E-state index contributed by atoms with van der Waals surface area (Å²) in [4.78, 5) is 45.4. The van der Waals surface area contributed by atoms with Crippen LogP contribution in [0.5, 0.6) is 5.75 Å². The maximum atomic E-state index is 13.6. The van der Waals surface area contributed by atoms with Gasteiger partial charge >= 0.3 is 0 Å². The van der Waals surface area contributed by atoms with E-state index in [1.165, 1.54) is 0 Å². The van der Waals surface area contributed by atoms with E-state index in [2.05, 4.69) is 10.3 Å². The Balaban J connectivity index is 1.74. The van der Waals surface area contributed by atoms with Gasteiger partial charge in [0.15, 0.2) is 0 Å². The fraction of sp³-hybridized carbons (Fsp3) is 0.533. The normalized spacial score (nSPS) is 17.6. The van der Waals surface area contributed by atoms with Crippen LogP contribution in [0.3, 0.4) is 0 Å². The van der Waals surface area contributed by atoms with Gasteiger partial charge in [-0.05, 0) is 67.3 Å². The standard InChI is InChI=1S/C30H42N4O4/c1-5-8-25(28(31)35)26(15-20(2)3)29(36)33-27-9-6-7-14-34(30(27)37)19-21-16-23(18-32-17-21)22-10-12-24(38-4)13-11-22/h10-13,16-18,20,25-27H,5-9,14-15,19H2,1-4H3,(H2,31,35)(H,33,36)/t25-,26+,27-/m0/s1. The van der Waals surface area contributed by atoms with E-state index in [1.807, 2.05) is 56.0 Å². The van der Waals surface area contributed by atoms with Crippen LogP contribution < -0.4 is 15.8 Å². The third-order valence-electron chi connectivity index (χ3n) is 7.20. The van der Waals surface area contributed by atoms with Crippen molar-refractivity contribution in [2.24, 2.45) is 23.5 Å². The predicted molar refractivity (Wildman–Crippen MR) is 148 cm³/mol. The molecule has 2 heterocycles. The van der Waals surface area contributed by atoms with Crippen molar-refractivity contribution in [2.45, 2.75) is 71.9 Å². The Kier molecular flexibility index (Phi) is 10.7. The number of ether oxygens (including phenoxy) is 1. The fourth-order valence-electron chi connectivity index (χ4n) is 5.23. The Bertz CT molecular complexity index is 1090. The van der Waals surface area contributed by atoms with Crippen molar-refractivity contribution < 1.29 is 19.1 Å². The molecular formula is C30H42N4O4. The first-order valence-corrected chi connectivity index (χ1v) is 13.7. The Morgan fingerprint density at radius 3 is 2.50 bits per heavy atom. The minimum Gasteiger partial charge on any atom is -0.497 e. The van der Waals surface area contributed by atoms with Gasteiger partial charge in [0.2, 0.25) is 17.7 Å². The number of nitrogens with zero attached hydrogens (tertiary/aromatic N) is 2. The lowest BCUT2D eigenvalue weighted by atomic mass is 9.81. The third kappa shape index (κ3) is 7.79. The van der Waals surface area contributed by atoms with E-state index in [4.69, 9.17) is 10.5 Å². The van der Waals surface area contributed by atoms with Crippen molar-refractivity contribution >= 4 is 17.7 Å². The van der Waals surface area contributed by atoms with Gasteiger partial charge in [-0.1, -0.05) is 39.3 Å². The van der Waals surface area contributed by atoms with Crippen LogP contribution in [0.1, 0.15) is 64.9 Å². The molecule has 3 atom stereocenters. The number of methoxy groups -OCH3 is 1. The van der Waals surface area contributed by atoms with Crippen molar-refractivity contribution in [3.8, 4) is 16.9 Å². The summed E-state index contributed by atoms with van der Waals surface area (Å²) in [5.74, 6) is -0.872. The first kappa shape index (κ1) is 29.1. The summed E-state index contributed by atoms with van der Waals surface area (Å²) in [6, 6.07) is 9.20. The monoisotopic (exact) mass is 522 g/mol. The van der Waals surface area contributed by atoms with Crippen molar-refractivity contribution in [3.05, 3.63) is 48.3 Å². The number of likely N-dealkylation sites (tertiary alicyclic amines) is 1. The van der Waals surface area contributed by atoms with Gasteiger partial charge in [-0.25, -0.2) is 0 Å². The molecule has 1 aliphatic rings. The molecule has 2 aromatic rings. The second-order valence-electron chi connectivity index (χ2n) is 10.7. The molecule has 0 saturated carbocycles. The molecule has 1 aromatic carbocycles. The van der Waals surface area contributed by atoms with Crippen molar-refractivity contribution in [1.82, 2.24) is 15.2 Å². The number of carbonyl (C=O) groups is 3. The van der Waals surface area contributed by atoms with Crippen molar-refractivity contribution in [3.63, 3.8) is 0 Å². The maximum Gasteiger partial charge on any atom is 0.245 e. The lowest BCUT2D eigenvalue weighted by molar-refractivity contribution is -0.139. The highest BCUT2D eigenvalue weighted by molar-refractivity contribution is 5.91. The first-order chi connectivity index (χ1) is 18.2. The van der Waals surface area contributed by atoms with Gasteiger partial charge in [0.05, 0.1) is 7.11 Å². The van der Waals surface area contributed by atoms with Gasteiger partial charge < -0.3 is 20.7 Å². The lowest BCUT2D eigenvalue weighted by Gasteiger charge is -2.29. The highest BCUT2D eigenvalue weighted by Gasteiger charge is 2.35. The number of hydrogen-bond acceptors (Lipinski definition) is 5. The highest BCUT2D eigenvalue weighted by atomic mass is 16.5. The summed E-state index contributed by atoms with van der Waals surface area (Å²) in [5.41, 5.74) is 8.59. The minimum absolute atomic E-state index is 0.0971. The number of hydrogen-bond donors (Lipinski definition) is 2. The minimum atomic E-state index is -0.618. The third-order valence-corrected chi connectivity index (χ3v) is 7.20. The van der Waals surface area contributed by atoms with E-state index in [-0.39, 0.29) is 17.7 Å². The molecule has 3 rings (SSSR count). The van der Waals surface area contributed by atoms with Gasteiger partial charge in [-0.15, -0.1) is 0 Å². The maximum absolute atomic E-state index is 13.6. The number of carbonyl (C=O) groups excluding carboxylic acids is 3. The summed E-state index contributed by atoms with van der Waals surface area (Å²) in [5, 5.41) is 3.01. The molecule has 206 valence electrons. The van der Waals surface area contributed by atoms with Gasteiger partial charge in [0.25, 0.3) is 0 Å². The van der Waals surface area contributed by atoms with E-state index < -0.39 is 23.8 Å². The molecule has 0 bridgehead atoms. The van der Waals surface area contributed by atoms with Crippen LogP contribution in [0.2, 0.25) is 0 Å². The van der Waals surface area contributed by atoms with E-state index in [1.54, 1.807) is 19.5 Å². The molecule has 0 unspecified atom stereocenters. The molecule has 0 spiro atoms. The lowest BCUT2D eigenvalue weighted by Crippen LogP contribution is -2.50. The summed E-state index contributed by atoms with van der Waals surface area (Å²) in [6.07, 6.45) is 7.72. The summed E-state index contributed by atoms with van der Waals surface area (Å²) in [6.45, 7) is 7.06. The van der Waals surface area contributed by atoms with Crippen LogP contribution in [0.15, 0.2) is 42.7 Å². The molecular weight excluding hydrogens is 480 g/mol. The number of amides is 3. The number of benzene rings is 1. The molecule has 3 N–H and O–H groups in total. The van der Waals surface area contributed by atoms with Crippen LogP contribution in [-0.4, -0.2) is 47.3 Å². The molecule has 1 fully saturated rings. The van der Waals surface area contributed by atoms with Crippen LogP contribution in [0.25, 0.3) is 11.1 Å². The molecule has 0 aliphatic carbocycles. The van der Waals surface area contributed by atoms with E-state index in [0.717, 1.165) is 41.7 Å². The smallest absolute Gasteiger partial charge is 0.245 e. The Morgan fingerprint density at radius 1 is 1.13 bits per heavy atom. The number of nitrogens with two attached hydrogens (primary N) is 1. The number of primary amides is 1. The zero-order valence-electron chi connectivity index (χ0n) is 23.1. The Labute approximate surface area is 226 Å².